The zero-order valence-corrected chi connectivity index (χ0v) is 19.5. The molecule has 0 bridgehead atoms. The first-order valence-corrected chi connectivity index (χ1v) is 11.7. The van der Waals surface area contributed by atoms with Gasteiger partial charge in [-0.2, -0.15) is 0 Å². The van der Waals surface area contributed by atoms with Gasteiger partial charge in [-0.05, 0) is 64.3 Å². The Kier molecular flexibility index (Phi) is 9.43. The van der Waals surface area contributed by atoms with Gasteiger partial charge in [-0.25, -0.2) is 4.99 Å². The summed E-state index contributed by atoms with van der Waals surface area (Å²) in [4.78, 5) is 7.14. The molecule has 7 nitrogen and oxygen atoms in total. The average Bonchev–Trinajstić information content (AvgIpc) is 3.23. The number of guanidine groups is 1. The van der Waals surface area contributed by atoms with Crippen LogP contribution in [0.25, 0.3) is 0 Å². The van der Waals surface area contributed by atoms with Crippen molar-refractivity contribution in [2.75, 3.05) is 53.1 Å². The molecule has 2 aliphatic heterocycles. The number of likely N-dealkylation sites (N-methyl/N-ethyl adjacent to an activating group) is 1. The Morgan fingerprint density at radius 3 is 2.84 bits per heavy atom. The van der Waals surface area contributed by atoms with Gasteiger partial charge in [-0.15, -0.1) is 0 Å². The van der Waals surface area contributed by atoms with Crippen LogP contribution in [-0.4, -0.2) is 75.6 Å². The monoisotopic (exact) mass is 432 g/mol. The van der Waals surface area contributed by atoms with Crippen molar-refractivity contribution < 1.29 is 14.2 Å². The number of aliphatic imine (C=N–C) groups is 1. The van der Waals surface area contributed by atoms with Crippen LogP contribution >= 0.6 is 0 Å². The number of benzene rings is 1. The van der Waals surface area contributed by atoms with Crippen LogP contribution in [0, 0.1) is 0 Å². The zero-order valence-electron chi connectivity index (χ0n) is 19.5. The van der Waals surface area contributed by atoms with E-state index in [-0.39, 0.29) is 5.60 Å². The lowest BCUT2D eigenvalue weighted by molar-refractivity contribution is 0.0243. The number of hydrogen-bond acceptors (Lipinski definition) is 5. The lowest BCUT2D eigenvalue weighted by Gasteiger charge is -2.31. The first-order valence-electron chi connectivity index (χ1n) is 11.7. The number of hydrogen-bond donors (Lipinski definition) is 2. The van der Waals surface area contributed by atoms with Crippen molar-refractivity contribution in [3.63, 3.8) is 0 Å². The van der Waals surface area contributed by atoms with Gasteiger partial charge in [-0.1, -0.05) is 12.1 Å². The van der Waals surface area contributed by atoms with Gasteiger partial charge in [0, 0.05) is 45.5 Å². The normalized spacial score (nSPS) is 22.6. The molecule has 3 rings (SSSR count). The molecule has 2 N–H and O–H groups in total. The predicted octanol–water partition coefficient (Wildman–Crippen LogP) is 2.80. The molecule has 0 saturated carbocycles. The van der Waals surface area contributed by atoms with E-state index in [1.54, 1.807) is 0 Å². The van der Waals surface area contributed by atoms with Crippen LogP contribution in [0.1, 0.15) is 45.1 Å². The molecule has 0 aromatic heterocycles. The van der Waals surface area contributed by atoms with Gasteiger partial charge in [0.15, 0.2) is 5.96 Å². The number of rotatable bonds is 10. The van der Waals surface area contributed by atoms with Crippen molar-refractivity contribution in [2.45, 2.75) is 57.7 Å². The van der Waals surface area contributed by atoms with E-state index < -0.39 is 0 Å². The Balaban J connectivity index is 1.46. The van der Waals surface area contributed by atoms with E-state index in [2.05, 4.69) is 48.6 Å². The Hall–Kier alpha value is -1.83. The molecule has 0 radical (unpaired) electrons. The molecule has 1 aromatic carbocycles. The molecule has 0 spiro atoms. The van der Waals surface area contributed by atoms with Crippen molar-refractivity contribution in [1.29, 1.82) is 0 Å². The van der Waals surface area contributed by atoms with Crippen LogP contribution in [0.4, 0.5) is 0 Å². The highest BCUT2D eigenvalue weighted by molar-refractivity contribution is 5.79. The molecule has 2 aliphatic rings. The Morgan fingerprint density at radius 2 is 2.10 bits per heavy atom. The predicted molar refractivity (Wildman–Crippen MR) is 125 cm³/mol. The molecule has 1 aromatic rings. The summed E-state index contributed by atoms with van der Waals surface area (Å²) in [5.41, 5.74) is 1.04. The maximum atomic E-state index is 6.02. The van der Waals surface area contributed by atoms with E-state index in [0.29, 0.717) is 19.2 Å². The maximum absolute atomic E-state index is 6.02. The maximum Gasteiger partial charge on any atom is 0.191 e. The van der Waals surface area contributed by atoms with Crippen molar-refractivity contribution >= 4 is 5.96 Å². The molecule has 1 unspecified atom stereocenters. The number of ether oxygens (including phenoxy) is 3. The van der Waals surface area contributed by atoms with Gasteiger partial charge in [0.2, 0.25) is 0 Å². The second kappa shape index (κ2) is 12.3. The Bertz CT molecular complexity index is 685. The molecule has 2 heterocycles. The molecule has 0 amide bonds. The minimum absolute atomic E-state index is 0.0955. The summed E-state index contributed by atoms with van der Waals surface area (Å²) >= 11 is 0. The largest absolute Gasteiger partial charge is 0.492 e. The second-order valence-corrected chi connectivity index (χ2v) is 8.77. The van der Waals surface area contributed by atoms with Gasteiger partial charge < -0.3 is 24.8 Å². The molecular formula is C24H40N4O3. The van der Waals surface area contributed by atoms with Crippen LogP contribution in [0.3, 0.4) is 0 Å². The molecular weight excluding hydrogens is 392 g/mol. The third kappa shape index (κ3) is 7.98. The van der Waals surface area contributed by atoms with Gasteiger partial charge >= 0.3 is 0 Å². The summed E-state index contributed by atoms with van der Waals surface area (Å²) in [6.07, 6.45) is 4.43. The van der Waals surface area contributed by atoms with Gasteiger partial charge in [0.1, 0.15) is 12.4 Å². The lowest BCUT2D eigenvalue weighted by Crippen LogP contribution is -2.45. The first kappa shape index (κ1) is 23.8. The van der Waals surface area contributed by atoms with E-state index in [9.17, 15) is 0 Å². The molecule has 2 fully saturated rings. The SMILES string of the molecule is CCNC(=NCc1cccc(OCCN(C)C2CCOCC2)c1)NCC1(C)CCCO1. The Morgan fingerprint density at radius 1 is 1.26 bits per heavy atom. The highest BCUT2D eigenvalue weighted by atomic mass is 16.5. The summed E-state index contributed by atoms with van der Waals surface area (Å²) < 4.78 is 17.3. The van der Waals surface area contributed by atoms with E-state index in [1.165, 1.54) is 0 Å². The van der Waals surface area contributed by atoms with Crippen LogP contribution in [0.2, 0.25) is 0 Å². The van der Waals surface area contributed by atoms with E-state index in [0.717, 1.165) is 82.4 Å². The average molecular weight is 433 g/mol. The quantitative estimate of drug-likeness (QED) is 0.438. The summed E-state index contributed by atoms with van der Waals surface area (Å²) in [6.45, 7) is 10.6. The highest BCUT2D eigenvalue weighted by Crippen LogP contribution is 2.23. The van der Waals surface area contributed by atoms with Crippen LogP contribution in [0.15, 0.2) is 29.3 Å². The molecule has 7 heteroatoms. The second-order valence-electron chi connectivity index (χ2n) is 8.77. The third-order valence-electron chi connectivity index (χ3n) is 6.12. The van der Waals surface area contributed by atoms with Crippen molar-refractivity contribution in [3.8, 4) is 5.75 Å². The molecule has 174 valence electrons. The van der Waals surface area contributed by atoms with E-state index in [4.69, 9.17) is 19.2 Å². The zero-order chi connectivity index (χ0) is 21.9. The van der Waals surface area contributed by atoms with Crippen molar-refractivity contribution in [2.24, 2.45) is 4.99 Å². The van der Waals surface area contributed by atoms with E-state index >= 15 is 0 Å². The van der Waals surface area contributed by atoms with Crippen LogP contribution < -0.4 is 15.4 Å². The minimum Gasteiger partial charge on any atom is -0.492 e. The van der Waals surface area contributed by atoms with Crippen LogP contribution in [0.5, 0.6) is 5.75 Å². The first-order chi connectivity index (χ1) is 15.1. The van der Waals surface area contributed by atoms with Gasteiger partial charge in [0.05, 0.1) is 12.1 Å². The number of nitrogens with one attached hydrogen (secondary N) is 2. The highest BCUT2D eigenvalue weighted by Gasteiger charge is 2.29. The molecule has 31 heavy (non-hydrogen) atoms. The minimum atomic E-state index is -0.0955. The summed E-state index contributed by atoms with van der Waals surface area (Å²) in [5.74, 6) is 1.72. The van der Waals surface area contributed by atoms with Crippen molar-refractivity contribution in [1.82, 2.24) is 15.5 Å². The fourth-order valence-electron chi connectivity index (χ4n) is 4.11. The van der Waals surface area contributed by atoms with Crippen LogP contribution in [-0.2, 0) is 16.0 Å². The van der Waals surface area contributed by atoms with E-state index in [1.807, 2.05) is 12.1 Å². The molecule has 0 aliphatic carbocycles. The smallest absolute Gasteiger partial charge is 0.191 e. The fourth-order valence-corrected chi connectivity index (χ4v) is 4.11. The fraction of sp³-hybridized carbons (Fsp3) is 0.708. The standard InChI is InChI=1S/C24H40N4O3/c1-4-25-23(27-19-24(2)11-6-13-31-24)26-18-20-7-5-8-22(17-20)30-16-12-28(3)21-9-14-29-15-10-21/h5,7-8,17,21H,4,6,9-16,18-19H2,1-3H3,(H2,25,26,27). The van der Waals surface area contributed by atoms with Gasteiger partial charge in [0.25, 0.3) is 0 Å². The molecule has 2 saturated heterocycles. The summed E-state index contributed by atoms with van der Waals surface area (Å²) in [5, 5.41) is 6.76. The van der Waals surface area contributed by atoms with Crippen molar-refractivity contribution in [3.05, 3.63) is 29.8 Å². The Labute approximate surface area is 187 Å². The topological polar surface area (TPSA) is 67.4 Å². The molecule has 1 atom stereocenters. The lowest BCUT2D eigenvalue weighted by atomic mass is 10.0. The van der Waals surface area contributed by atoms with Gasteiger partial charge in [-0.3, -0.25) is 4.90 Å². The third-order valence-corrected chi connectivity index (χ3v) is 6.12. The number of nitrogens with zero attached hydrogens (tertiary/aromatic N) is 2. The summed E-state index contributed by atoms with van der Waals surface area (Å²) in [7, 11) is 2.18. The summed E-state index contributed by atoms with van der Waals surface area (Å²) in [6, 6.07) is 8.84.